The number of carbonyl (C=O) groups excluding carboxylic acids is 2. The third-order valence-corrected chi connectivity index (χ3v) is 6.00. The first-order valence-electron chi connectivity index (χ1n) is 10.0. The van der Waals surface area contributed by atoms with E-state index in [1.165, 1.54) is 19.3 Å². The normalized spacial score (nSPS) is 23.1. The van der Waals surface area contributed by atoms with Crippen LogP contribution in [0.3, 0.4) is 0 Å². The summed E-state index contributed by atoms with van der Waals surface area (Å²) in [6.07, 6.45) is 3.78. The number of benzene rings is 1. The minimum absolute atomic E-state index is 0.0201. The second-order valence-electron chi connectivity index (χ2n) is 7.71. The third-order valence-electron chi connectivity index (χ3n) is 6.00. The topological polar surface area (TPSA) is 65.1 Å². The number of hydrogen-bond acceptors (Lipinski definition) is 4. The molecule has 0 bridgehead atoms. The Bertz CT molecular complexity index is 801. The minimum atomic E-state index is -0.443. The van der Waals surface area contributed by atoms with Gasteiger partial charge in [-0.1, -0.05) is 18.6 Å². The summed E-state index contributed by atoms with van der Waals surface area (Å²) >= 11 is 0. The van der Waals surface area contributed by atoms with Crippen LogP contribution < -0.4 is 10.1 Å². The zero-order chi connectivity index (χ0) is 19.7. The van der Waals surface area contributed by atoms with Crippen molar-refractivity contribution in [2.45, 2.75) is 25.3 Å². The highest BCUT2D eigenvalue weighted by Gasteiger charge is 2.42. The third kappa shape index (κ3) is 3.46. The Balaban J connectivity index is 1.55. The van der Waals surface area contributed by atoms with Gasteiger partial charge >= 0.3 is 6.03 Å². The molecule has 1 fully saturated rings. The van der Waals surface area contributed by atoms with Gasteiger partial charge in [-0.2, -0.15) is 0 Å². The molecule has 0 spiro atoms. The van der Waals surface area contributed by atoms with Crippen molar-refractivity contribution in [1.82, 2.24) is 20.0 Å². The average molecular weight is 384 g/mol. The van der Waals surface area contributed by atoms with Gasteiger partial charge in [0.1, 0.15) is 5.75 Å². The summed E-state index contributed by atoms with van der Waals surface area (Å²) in [6, 6.07) is 6.92. The molecule has 0 saturated carbocycles. The molecular weight excluding hydrogens is 356 g/mol. The monoisotopic (exact) mass is 384 g/mol. The Morgan fingerprint density at radius 3 is 2.68 bits per heavy atom. The van der Waals surface area contributed by atoms with Crippen LogP contribution in [0.25, 0.3) is 0 Å². The lowest BCUT2D eigenvalue weighted by atomic mass is 9.95. The van der Waals surface area contributed by atoms with Gasteiger partial charge in [0, 0.05) is 20.1 Å². The van der Waals surface area contributed by atoms with Crippen LogP contribution in [-0.4, -0.2) is 73.5 Å². The zero-order valence-electron chi connectivity index (χ0n) is 16.6. The van der Waals surface area contributed by atoms with Gasteiger partial charge in [-0.3, -0.25) is 9.69 Å². The number of nitrogens with zero attached hydrogens (tertiary/aromatic N) is 3. The van der Waals surface area contributed by atoms with Crippen molar-refractivity contribution in [2.75, 3.05) is 46.9 Å². The van der Waals surface area contributed by atoms with Crippen LogP contribution in [0, 0.1) is 0 Å². The van der Waals surface area contributed by atoms with Crippen molar-refractivity contribution in [2.24, 2.45) is 0 Å². The van der Waals surface area contributed by atoms with Gasteiger partial charge in [-0.15, -0.1) is 0 Å². The first-order chi connectivity index (χ1) is 13.6. The lowest BCUT2D eigenvalue weighted by Gasteiger charge is -2.31. The first-order valence-corrected chi connectivity index (χ1v) is 10.0. The highest BCUT2D eigenvalue weighted by Crippen LogP contribution is 2.36. The average Bonchev–Trinajstić information content (AvgIpc) is 3.06. The van der Waals surface area contributed by atoms with E-state index in [9.17, 15) is 9.59 Å². The van der Waals surface area contributed by atoms with Gasteiger partial charge in [0.15, 0.2) is 0 Å². The molecule has 1 aromatic carbocycles. The Hall–Kier alpha value is -2.54. The molecule has 7 heteroatoms. The number of rotatable bonds is 5. The maximum absolute atomic E-state index is 13.2. The number of hydrogen-bond donors (Lipinski definition) is 1. The maximum atomic E-state index is 13.2. The standard InChI is InChI=1S/C21H28N4O3/c1-23-17-14-25(12-11-24-9-4-3-5-10-24)20(26)18(17)19(22-21(23)27)15-7-6-8-16(13-15)28-2/h6-8,13,19H,3-5,9-12,14H2,1-2H3,(H,22,27)/t19-/m0/s1. The lowest BCUT2D eigenvalue weighted by Crippen LogP contribution is -2.45. The van der Waals surface area contributed by atoms with Crippen molar-refractivity contribution in [3.63, 3.8) is 0 Å². The number of carbonyl (C=O) groups is 2. The van der Waals surface area contributed by atoms with Crippen molar-refractivity contribution < 1.29 is 14.3 Å². The Morgan fingerprint density at radius 2 is 1.93 bits per heavy atom. The predicted molar refractivity (Wildman–Crippen MR) is 106 cm³/mol. The number of ether oxygens (including phenoxy) is 1. The van der Waals surface area contributed by atoms with E-state index in [2.05, 4.69) is 10.2 Å². The van der Waals surface area contributed by atoms with Crippen LogP contribution in [0.5, 0.6) is 5.75 Å². The summed E-state index contributed by atoms with van der Waals surface area (Å²) in [5.41, 5.74) is 2.34. The van der Waals surface area contributed by atoms with E-state index in [4.69, 9.17) is 4.74 Å². The summed E-state index contributed by atoms with van der Waals surface area (Å²) in [6.45, 7) is 4.30. The summed E-state index contributed by atoms with van der Waals surface area (Å²) in [5, 5.41) is 2.98. The van der Waals surface area contributed by atoms with Crippen LogP contribution in [0.15, 0.2) is 35.5 Å². The van der Waals surface area contributed by atoms with E-state index in [0.717, 1.165) is 30.9 Å². The van der Waals surface area contributed by atoms with Crippen LogP contribution >= 0.6 is 0 Å². The first kappa shape index (κ1) is 18.8. The molecule has 1 atom stereocenters. The SMILES string of the molecule is COc1cccc([C@@H]2NC(=O)N(C)C3=C2C(=O)N(CCN2CCCCC2)C3)c1. The minimum Gasteiger partial charge on any atom is -0.497 e. The maximum Gasteiger partial charge on any atom is 0.322 e. The van der Waals surface area contributed by atoms with E-state index < -0.39 is 6.04 Å². The molecule has 1 N–H and O–H groups in total. The molecule has 0 unspecified atom stereocenters. The zero-order valence-corrected chi connectivity index (χ0v) is 16.6. The molecule has 1 saturated heterocycles. The second-order valence-corrected chi connectivity index (χ2v) is 7.71. The number of nitrogens with one attached hydrogen (secondary N) is 1. The van der Waals surface area contributed by atoms with Crippen molar-refractivity contribution in [3.05, 3.63) is 41.1 Å². The van der Waals surface area contributed by atoms with Crippen LogP contribution in [-0.2, 0) is 4.79 Å². The Kier molecular flexibility index (Phi) is 5.26. The van der Waals surface area contributed by atoms with Gasteiger partial charge in [-0.05, 0) is 43.6 Å². The Morgan fingerprint density at radius 1 is 1.14 bits per heavy atom. The summed E-state index contributed by atoms with van der Waals surface area (Å²) < 4.78 is 5.32. The van der Waals surface area contributed by atoms with Crippen molar-refractivity contribution in [3.8, 4) is 5.75 Å². The molecule has 3 heterocycles. The van der Waals surface area contributed by atoms with Crippen LogP contribution in [0.1, 0.15) is 30.9 Å². The number of amides is 3. The molecule has 3 amide bonds. The number of urea groups is 1. The van der Waals surface area contributed by atoms with Crippen LogP contribution in [0.2, 0.25) is 0 Å². The summed E-state index contributed by atoms with van der Waals surface area (Å²) in [7, 11) is 3.34. The van der Waals surface area contributed by atoms with E-state index >= 15 is 0 Å². The van der Waals surface area contributed by atoms with Crippen molar-refractivity contribution in [1.29, 1.82) is 0 Å². The largest absolute Gasteiger partial charge is 0.497 e. The molecule has 1 aromatic rings. The molecule has 0 radical (unpaired) electrons. The quantitative estimate of drug-likeness (QED) is 0.843. The van der Waals surface area contributed by atoms with Gasteiger partial charge in [0.25, 0.3) is 5.91 Å². The van der Waals surface area contributed by atoms with Gasteiger partial charge in [0.2, 0.25) is 0 Å². The molecule has 0 aromatic heterocycles. The van der Waals surface area contributed by atoms with Crippen molar-refractivity contribution >= 4 is 11.9 Å². The molecule has 4 rings (SSSR count). The molecule has 3 aliphatic rings. The molecule has 28 heavy (non-hydrogen) atoms. The smallest absolute Gasteiger partial charge is 0.322 e. The molecule has 7 nitrogen and oxygen atoms in total. The summed E-state index contributed by atoms with van der Waals surface area (Å²) in [5.74, 6) is 0.729. The highest BCUT2D eigenvalue weighted by atomic mass is 16.5. The second kappa shape index (κ2) is 7.83. The summed E-state index contributed by atoms with van der Waals surface area (Å²) in [4.78, 5) is 31.6. The predicted octanol–water partition coefficient (Wildman–Crippen LogP) is 1.97. The fourth-order valence-corrected chi connectivity index (χ4v) is 4.32. The van der Waals surface area contributed by atoms with E-state index in [0.29, 0.717) is 24.4 Å². The molecule has 3 aliphatic heterocycles. The number of piperidine rings is 1. The Labute approximate surface area is 165 Å². The highest BCUT2D eigenvalue weighted by molar-refractivity contribution is 6.01. The lowest BCUT2D eigenvalue weighted by molar-refractivity contribution is -0.126. The number of likely N-dealkylation sites (tertiary alicyclic amines) is 1. The van der Waals surface area contributed by atoms with Crippen LogP contribution in [0.4, 0.5) is 4.79 Å². The van der Waals surface area contributed by atoms with E-state index in [1.54, 1.807) is 19.1 Å². The van der Waals surface area contributed by atoms with Gasteiger partial charge in [0.05, 0.1) is 31.0 Å². The van der Waals surface area contributed by atoms with E-state index in [1.807, 2.05) is 29.2 Å². The number of methoxy groups -OCH3 is 1. The van der Waals surface area contributed by atoms with Gasteiger partial charge in [-0.25, -0.2) is 4.79 Å². The van der Waals surface area contributed by atoms with E-state index in [-0.39, 0.29) is 11.9 Å². The molecule has 150 valence electrons. The number of likely N-dealkylation sites (N-methyl/N-ethyl adjacent to an activating group) is 1. The van der Waals surface area contributed by atoms with Gasteiger partial charge < -0.3 is 19.9 Å². The molecular formula is C21H28N4O3. The molecule has 0 aliphatic carbocycles. The fourth-order valence-electron chi connectivity index (χ4n) is 4.32. The fraction of sp³-hybridized carbons (Fsp3) is 0.524.